The minimum Gasteiger partial charge on any atom is -0.384 e. The second-order valence-electron chi connectivity index (χ2n) is 5.00. The molecule has 0 radical (unpaired) electrons. The smallest absolute Gasteiger partial charge is 0.251 e. The molecule has 4 nitrogen and oxygen atoms in total. The second kappa shape index (κ2) is 8.36. The van der Waals surface area contributed by atoms with E-state index in [9.17, 15) is 4.79 Å². The topological polar surface area (TPSA) is 52.6 Å². The van der Waals surface area contributed by atoms with Gasteiger partial charge in [0.15, 0.2) is 0 Å². The van der Waals surface area contributed by atoms with E-state index in [-0.39, 0.29) is 18.6 Å². The van der Waals surface area contributed by atoms with Crippen LogP contribution in [0.1, 0.15) is 29.3 Å². The van der Waals surface area contributed by atoms with Crippen LogP contribution in [0.15, 0.2) is 24.3 Å². The van der Waals surface area contributed by atoms with Crippen molar-refractivity contribution in [3.05, 3.63) is 35.4 Å². The molecule has 0 saturated carbocycles. The van der Waals surface area contributed by atoms with Crippen LogP contribution in [0.3, 0.4) is 0 Å². The third kappa shape index (κ3) is 5.87. The quantitative estimate of drug-likeness (QED) is 0.791. The normalized spacial score (nSPS) is 11.7. The summed E-state index contributed by atoms with van der Waals surface area (Å²) in [6, 6.07) is 7.19. The number of hydrogen-bond donors (Lipinski definition) is 2. The van der Waals surface area contributed by atoms with E-state index in [0.29, 0.717) is 5.56 Å². The van der Waals surface area contributed by atoms with Crippen molar-refractivity contribution in [3.63, 3.8) is 0 Å². The van der Waals surface area contributed by atoms with Gasteiger partial charge in [0.05, 0.1) is 0 Å². The highest BCUT2D eigenvalue weighted by atomic mass is 16.2. The molecule has 0 fully saturated rings. The lowest BCUT2D eigenvalue weighted by Gasteiger charge is -2.16. The van der Waals surface area contributed by atoms with Crippen LogP contribution in [0.4, 0.5) is 0 Å². The van der Waals surface area contributed by atoms with E-state index in [1.165, 1.54) is 0 Å². The molecular formula is C16H22N2O2. The number of carbonyl (C=O) groups excluding carboxylic acids is 1. The summed E-state index contributed by atoms with van der Waals surface area (Å²) in [5.41, 5.74) is 1.41. The zero-order chi connectivity index (χ0) is 15.0. The Kier molecular flexibility index (Phi) is 6.78. The molecule has 0 spiro atoms. The number of aliphatic hydroxyl groups excluding tert-OH is 1. The first kappa shape index (κ1) is 16.2. The molecule has 0 aliphatic carbocycles. The molecule has 1 atom stereocenters. The zero-order valence-electron chi connectivity index (χ0n) is 12.3. The van der Waals surface area contributed by atoms with Crippen LogP contribution in [0.25, 0.3) is 0 Å². The molecule has 0 aromatic heterocycles. The van der Waals surface area contributed by atoms with Gasteiger partial charge in [-0.15, -0.1) is 0 Å². The Morgan fingerprint density at radius 2 is 2.00 bits per heavy atom. The Labute approximate surface area is 120 Å². The summed E-state index contributed by atoms with van der Waals surface area (Å²) >= 11 is 0. The maximum atomic E-state index is 12.0. The molecule has 108 valence electrons. The van der Waals surface area contributed by atoms with Crippen LogP contribution in [0.5, 0.6) is 0 Å². The molecule has 1 aromatic carbocycles. The SMILES string of the molecule is CC(CCN(C)C)NC(=O)c1ccc(C#CCO)cc1. The summed E-state index contributed by atoms with van der Waals surface area (Å²) in [4.78, 5) is 14.1. The predicted octanol–water partition coefficient (Wildman–Crippen LogP) is 1.10. The molecule has 1 unspecified atom stereocenters. The number of hydrogen-bond acceptors (Lipinski definition) is 3. The van der Waals surface area contributed by atoms with Gasteiger partial charge in [0.1, 0.15) is 6.61 Å². The van der Waals surface area contributed by atoms with Crippen LogP contribution in [-0.4, -0.2) is 49.2 Å². The molecule has 0 saturated heterocycles. The van der Waals surface area contributed by atoms with Crippen LogP contribution in [-0.2, 0) is 0 Å². The Bertz CT molecular complexity index is 483. The van der Waals surface area contributed by atoms with Gasteiger partial charge >= 0.3 is 0 Å². The fourth-order valence-corrected chi connectivity index (χ4v) is 1.68. The molecule has 1 aromatic rings. The predicted molar refractivity (Wildman–Crippen MR) is 80.5 cm³/mol. The van der Waals surface area contributed by atoms with Gasteiger partial charge in [0.2, 0.25) is 0 Å². The first-order valence-electron chi connectivity index (χ1n) is 6.68. The maximum absolute atomic E-state index is 12.0. The highest BCUT2D eigenvalue weighted by Crippen LogP contribution is 2.04. The third-order valence-electron chi connectivity index (χ3n) is 2.85. The Hall–Kier alpha value is -1.83. The first-order chi connectivity index (χ1) is 9.52. The zero-order valence-corrected chi connectivity index (χ0v) is 12.3. The number of benzene rings is 1. The van der Waals surface area contributed by atoms with Crippen LogP contribution in [0.2, 0.25) is 0 Å². The van der Waals surface area contributed by atoms with Crippen LogP contribution in [0, 0.1) is 11.8 Å². The molecular weight excluding hydrogens is 252 g/mol. The van der Waals surface area contributed by atoms with Crippen molar-refractivity contribution >= 4 is 5.91 Å². The molecule has 0 aliphatic rings. The average molecular weight is 274 g/mol. The fraction of sp³-hybridized carbons (Fsp3) is 0.438. The van der Waals surface area contributed by atoms with E-state index < -0.39 is 0 Å². The van der Waals surface area contributed by atoms with E-state index in [4.69, 9.17) is 5.11 Å². The maximum Gasteiger partial charge on any atom is 0.251 e. The van der Waals surface area contributed by atoms with Gasteiger partial charge in [-0.1, -0.05) is 11.8 Å². The summed E-state index contributed by atoms with van der Waals surface area (Å²) in [7, 11) is 4.03. The van der Waals surface area contributed by atoms with Crippen molar-refractivity contribution in [1.29, 1.82) is 0 Å². The number of aliphatic hydroxyl groups is 1. The minimum atomic E-state index is -0.161. The highest BCUT2D eigenvalue weighted by Gasteiger charge is 2.09. The summed E-state index contributed by atoms with van der Waals surface area (Å²) < 4.78 is 0. The van der Waals surface area contributed by atoms with Crippen LogP contribution < -0.4 is 5.32 Å². The standard InChI is InChI=1S/C16H22N2O2/c1-13(10-11-18(2)3)17-16(20)15-8-6-14(7-9-15)5-4-12-19/h6-9,13,19H,10-12H2,1-3H3,(H,17,20). The first-order valence-corrected chi connectivity index (χ1v) is 6.68. The van der Waals surface area contributed by atoms with Gasteiger partial charge in [0, 0.05) is 17.2 Å². The number of nitrogens with zero attached hydrogens (tertiary/aromatic N) is 1. The van der Waals surface area contributed by atoms with Gasteiger partial charge < -0.3 is 15.3 Å². The summed E-state index contributed by atoms with van der Waals surface area (Å²) in [5.74, 6) is 5.30. The van der Waals surface area contributed by atoms with Crippen molar-refractivity contribution in [1.82, 2.24) is 10.2 Å². The van der Waals surface area contributed by atoms with Gasteiger partial charge in [-0.25, -0.2) is 0 Å². The van der Waals surface area contributed by atoms with Crippen molar-refractivity contribution in [2.45, 2.75) is 19.4 Å². The number of carbonyl (C=O) groups is 1. The molecule has 0 aliphatic heterocycles. The molecule has 1 rings (SSSR count). The summed E-state index contributed by atoms with van der Waals surface area (Å²) in [6.45, 7) is 2.78. The lowest BCUT2D eigenvalue weighted by atomic mass is 10.1. The average Bonchev–Trinajstić information content (AvgIpc) is 2.43. The largest absolute Gasteiger partial charge is 0.384 e. The minimum absolute atomic E-state index is 0.0714. The van der Waals surface area contributed by atoms with Gasteiger partial charge in [-0.05, 0) is 58.3 Å². The Morgan fingerprint density at radius 3 is 2.55 bits per heavy atom. The van der Waals surface area contributed by atoms with Gasteiger partial charge in [0.25, 0.3) is 5.91 Å². The fourth-order valence-electron chi connectivity index (χ4n) is 1.68. The van der Waals surface area contributed by atoms with Crippen LogP contribution >= 0.6 is 0 Å². The molecule has 2 N–H and O–H groups in total. The molecule has 4 heteroatoms. The van der Waals surface area contributed by atoms with E-state index in [1.54, 1.807) is 24.3 Å². The van der Waals surface area contributed by atoms with Crippen molar-refractivity contribution in [2.24, 2.45) is 0 Å². The van der Waals surface area contributed by atoms with E-state index in [2.05, 4.69) is 22.1 Å². The Balaban J connectivity index is 2.55. The lowest BCUT2D eigenvalue weighted by Crippen LogP contribution is -2.34. The number of amides is 1. The summed E-state index contributed by atoms with van der Waals surface area (Å²) in [6.07, 6.45) is 0.915. The van der Waals surface area contributed by atoms with Gasteiger partial charge in [-0.3, -0.25) is 4.79 Å². The monoisotopic (exact) mass is 274 g/mol. The van der Waals surface area contributed by atoms with E-state index in [0.717, 1.165) is 18.5 Å². The van der Waals surface area contributed by atoms with E-state index in [1.807, 2.05) is 21.0 Å². The second-order valence-corrected chi connectivity index (χ2v) is 5.00. The molecule has 1 amide bonds. The van der Waals surface area contributed by atoms with Crippen molar-refractivity contribution in [2.75, 3.05) is 27.2 Å². The van der Waals surface area contributed by atoms with Gasteiger partial charge in [-0.2, -0.15) is 0 Å². The highest BCUT2D eigenvalue weighted by molar-refractivity contribution is 5.94. The lowest BCUT2D eigenvalue weighted by molar-refractivity contribution is 0.0937. The summed E-state index contributed by atoms with van der Waals surface area (Å²) in [5, 5.41) is 11.6. The molecule has 20 heavy (non-hydrogen) atoms. The van der Waals surface area contributed by atoms with E-state index >= 15 is 0 Å². The molecule has 0 bridgehead atoms. The number of nitrogens with one attached hydrogen (secondary N) is 1. The third-order valence-corrected chi connectivity index (χ3v) is 2.85. The van der Waals surface area contributed by atoms with Crippen molar-refractivity contribution in [3.8, 4) is 11.8 Å². The number of rotatable bonds is 5. The Morgan fingerprint density at radius 1 is 1.35 bits per heavy atom. The molecule has 0 heterocycles. The van der Waals surface area contributed by atoms with Crippen molar-refractivity contribution < 1.29 is 9.90 Å².